The molecule has 6 unspecified atom stereocenters. The second-order valence-corrected chi connectivity index (χ2v) is 18.3. The molecule has 1 heterocycles. The lowest BCUT2D eigenvalue weighted by Crippen LogP contribution is -2.51. The number of hydrogen-bond acceptors (Lipinski definition) is 14. The molecule has 1 fully saturated rings. The molecule has 1 saturated carbocycles. The van der Waals surface area contributed by atoms with Gasteiger partial charge < -0.3 is 57.8 Å². The molecule has 4 rings (SSSR count). The highest BCUT2D eigenvalue weighted by Crippen LogP contribution is 2.29. The third-order valence-corrected chi connectivity index (χ3v) is 12.7. The van der Waals surface area contributed by atoms with E-state index in [4.69, 9.17) is 10.9 Å². The van der Waals surface area contributed by atoms with Gasteiger partial charge in [-0.1, -0.05) is 51.7 Å². The Morgan fingerprint density at radius 1 is 0.671 bits per heavy atom. The number of carbonyl (C=O) groups excluding carboxylic acids is 7. The zero-order chi connectivity index (χ0) is 53.6. The van der Waals surface area contributed by atoms with Crippen LogP contribution in [0.1, 0.15) is 93.0 Å². The van der Waals surface area contributed by atoms with Crippen molar-refractivity contribution in [3.63, 3.8) is 0 Å². The van der Waals surface area contributed by atoms with Crippen molar-refractivity contribution in [3.8, 4) is 0 Å². The number of benzene rings is 2. The minimum Gasteiger partial charge on any atom is -0.481 e. The molecular formula is C48H62N9O15P. The molecule has 394 valence electrons. The van der Waals surface area contributed by atoms with Crippen LogP contribution >= 0.6 is 9.24 Å². The number of fused-ring (bicyclic) bond motifs is 1. The number of carboxylic acids is 4. The number of hydrogen-bond donors (Lipinski definition) is 12. The van der Waals surface area contributed by atoms with Crippen LogP contribution in [0.25, 0.3) is 10.8 Å². The van der Waals surface area contributed by atoms with Crippen molar-refractivity contribution < 1.29 is 73.2 Å². The quantitative estimate of drug-likeness (QED) is 0.0148. The Bertz CT molecular complexity index is 2490. The van der Waals surface area contributed by atoms with Gasteiger partial charge in [0.15, 0.2) is 11.3 Å². The third-order valence-electron chi connectivity index (χ3n) is 12.3. The van der Waals surface area contributed by atoms with Crippen LogP contribution < -0.4 is 43.2 Å². The van der Waals surface area contributed by atoms with E-state index in [1.165, 1.54) is 18.3 Å². The molecule has 0 bridgehead atoms. The number of aromatic nitrogens is 1. The van der Waals surface area contributed by atoms with Gasteiger partial charge in [-0.25, -0.2) is 25.2 Å². The number of nitrogens with one attached hydrogen (secondary N) is 7. The zero-order valence-electron chi connectivity index (χ0n) is 39.8. The van der Waals surface area contributed by atoms with E-state index in [-0.39, 0.29) is 68.4 Å². The number of carboxylic acid groups (broad SMARTS) is 4. The predicted octanol–water partition coefficient (Wildman–Crippen LogP) is 1.47. The fourth-order valence-corrected chi connectivity index (χ4v) is 8.42. The van der Waals surface area contributed by atoms with Crippen LogP contribution in [0.2, 0.25) is 0 Å². The first kappa shape index (κ1) is 58.0. The summed E-state index contributed by atoms with van der Waals surface area (Å²) < 4.78 is 0. The lowest BCUT2D eigenvalue weighted by atomic mass is 9.81. The van der Waals surface area contributed by atoms with Gasteiger partial charge in [-0.05, 0) is 92.2 Å². The molecule has 0 aliphatic heterocycles. The number of aliphatic carboxylic acids is 4. The van der Waals surface area contributed by atoms with E-state index in [0.29, 0.717) is 25.7 Å². The van der Waals surface area contributed by atoms with Crippen molar-refractivity contribution in [2.24, 2.45) is 23.6 Å². The Hall–Kier alpha value is -7.59. The molecule has 2 aromatic carbocycles. The first-order chi connectivity index (χ1) is 34.7. The standard InChI is InChI=1S/C48H62N9O15P/c49-57-38-17-14-31(25-51-38)42(64)53-33(15-18-39(59)60)37(58)23-32(47(71)73)43(65)52-24-26-8-12-29(13-9-26)41(63)54-36(22-27-10-11-28-5-1-2-6-30(28)21-27)44(66)50-20-4-3-7-34(45(67)68)55-48(72)56-35(46(69)70)16-19-40(61)62/h1-2,5-6,10-11,14,17,21,25-26,29,32-36H,3-4,7-9,12-13,15-16,18-20,22-24,49,73H2,(H,50,66)(H,51,57)(H,52,65)(H,53,64)(H,54,63)(H,59,60)(H,61,62)(H,67,68)(H,69,70)(H2,55,56,72). The van der Waals surface area contributed by atoms with Gasteiger partial charge in [0.05, 0.1) is 11.6 Å². The summed E-state index contributed by atoms with van der Waals surface area (Å²) in [4.78, 5) is 142. The van der Waals surface area contributed by atoms with Gasteiger partial charge in [0.25, 0.3) is 5.91 Å². The monoisotopic (exact) mass is 1040 g/mol. The summed E-state index contributed by atoms with van der Waals surface area (Å²) in [7, 11) is 1.88. The largest absolute Gasteiger partial charge is 0.481 e. The van der Waals surface area contributed by atoms with Crippen LogP contribution in [0.3, 0.4) is 0 Å². The van der Waals surface area contributed by atoms with E-state index in [1.807, 2.05) is 51.7 Å². The predicted molar refractivity (Wildman–Crippen MR) is 264 cm³/mol. The zero-order valence-corrected chi connectivity index (χ0v) is 41.0. The normalized spacial score (nSPS) is 16.2. The van der Waals surface area contributed by atoms with E-state index >= 15 is 0 Å². The van der Waals surface area contributed by atoms with Crippen LogP contribution in [0, 0.1) is 17.8 Å². The minimum atomic E-state index is -1.56. The van der Waals surface area contributed by atoms with Crippen molar-refractivity contribution in [1.82, 2.24) is 36.9 Å². The summed E-state index contributed by atoms with van der Waals surface area (Å²) in [6.07, 6.45) is 1.15. The molecule has 6 amide bonds. The summed E-state index contributed by atoms with van der Waals surface area (Å²) in [6.45, 7) is 0.202. The molecule has 1 aliphatic rings. The van der Waals surface area contributed by atoms with Crippen molar-refractivity contribution in [3.05, 3.63) is 71.9 Å². The number of hydrazine groups is 1. The first-order valence-corrected chi connectivity index (χ1v) is 24.2. The van der Waals surface area contributed by atoms with Gasteiger partial charge in [0, 0.05) is 50.9 Å². The smallest absolute Gasteiger partial charge is 0.326 e. The minimum absolute atomic E-state index is 0.0502. The van der Waals surface area contributed by atoms with Gasteiger partial charge in [-0.3, -0.25) is 38.4 Å². The second kappa shape index (κ2) is 29.1. The summed E-state index contributed by atoms with van der Waals surface area (Å²) in [5.74, 6) is -4.91. The number of pyridine rings is 1. The Balaban J connectivity index is 1.31. The van der Waals surface area contributed by atoms with Crippen molar-refractivity contribution >= 4 is 90.7 Å². The number of urea groups is 1. The van der Waals surface area contributed by atoms with E-state index in [2.05, 4.69) is 42.3 Å². The molecular weight excluding hydrogens is 974 g/mol. The number of carbonyl (C=O) groups is 11. The first-order valence-electron chi connectivity index (χ1n) is 23.6. The van der Waals surface area contributed by atoms with Crippen molar-refractivity contribution in [1.29, 1.82) is 0 Å². The highest BCUT2D eigenvalue weighted by molar-refractivity contribution is 7.40. The molecule has 6 atom stereocenters. The fourth-order valence-electron chi connectivity index (χ4n) is 8.15. The lowest BCUT2D eigenvalue weighted by Gasteiger charge is -2.29. The van der Waals surface area contributed by atoms with E-state index in [0.717, 1.165) is 16.3 Å². The molecule has 13 N–H and O–H groups in total. The van der Waals surface area contributed by atoms with Crippen molar-refractivity contribution in [2.75, 3.05) is 18.5 Å². The Kier molecular flexibility index (Phi) is 23.1. The van der Waals surface area contributed by atoms with Gasteiger partial charge in [0.2, 0.25) is 17.7 Å². The summed E-state index contributed by atoms with van der Waals surface area (Å²) in [5.41, 5.74) is 2.44. The van der Waals surface area contributed by atoms with Crippen LogP contribution in [-0.4, -0.2) is 128 Å². The van der Waals surface area contributed by atoms with E-state index in [1.54, 1.807) is 0 Å². The van der Waals surface area contributed by atoms with E-state index < -0.39 is 121 Å². The number of anilines is 1. The maximum absolute atomic E-state index is 13.8. The summed E-state index contributed by atoms with van der Waals surface area (Å²) in [5, 5.41) is 54.2. The molecule has 1 aromatic heterocycles. The average Bonchev–Trinajstić information content (AvgIpc) is 3.36. The highest BCUT2D eigenvalue weighted by atomic mass is 31.0. The molecule has 24 nitrogen and oxygen atoms in total. The number of rotatable bonds is 30. The lowest BCUT2D eigenvalue weighted by molar-refractivity contribution is -0.141. The number of amides is 6. The maximum Gasteiger partial charge on any atom is 0.326 e. The third kappa shape index (κ3) is 19.5. The molecule has 1 aliphatic carbocycles. The number of ketones is 1. The Morgan fingerprint density at radius 3 is 1.89 bits per heavy atom. The average molecular weight is 1040 g/mol. The van der Waals surface area contributed by atoms with E-state index in [9.17, 15) is 68.1 Å². The van der Waals surface area contributed by atoms with Crippen LogP contribution in [-0.2, 0) is 49.6 Å². The van der Waals surface area contributed by atoms with Crippen LogP contribution in [0.15, 0.2) is 60.8 Å². The topological polar surface area (TPSA) is 392 Å². The number of nitrogen functional groups attached to an aromatic ring is 1. The summed E-state index contributed by atoms with van der Waals surface area (Å²) >= 11 is 0. The number of nitrogens with zero attached hydrogens (tertiary/aromatic N) is 1. The molecule has 0 saturated heterocycles. The van der Waals surface area contributed by atoms with Crippen molar-refractivity contribution in [2.45, 2.75) is 108 Å². The van der Waals surface area contributed by atoms with Gasteiger partial charge in [0.1, 0.15) is 29.9 Å². The Morgan fingerprint density at radius 2 is 1.30 bits per heavy atom. The van der Waals surface area contributed by atoms with Crippen LogP contribution in [0.5, 0.6) is 0 Å². The Labute approximate surface area is 421 Å². The second-order valence-electron chi connectivity index (χ2n) is 17.7. The van der Waals surface area contributed by atoms with Gasteiger partial charge in [-0.2, -0.15) is 0 Å². The highest BCUT2D eigenvalue weighted by Gasteiger charge is 2.34. The van der Waals surface area contributed by atoms with Gasteiger partial charge in [-0.15, -0.1) is 0 Å². The molecule has 73 heavy (non-hydrogen) atoms. The number of Topliss-reactive ketones (excluding diaryl/α,β-unsaturated/α-hetero) is 1. The molecule has 0 spiro atoms. The van der Waals surface area contributed by atoms with Crippen LogP contribution in [0.4, 0.5) is 10.6 Å². The van der Waals surface area contributed by atoms with Gasteiger partial charge >= 0.3 is 29.9 Å². The SMILES string of the molecule is NNc1ccc(C(=O)NC(CCC(=O)O)C(=O)CC(C(=O)P)C(=O)NCC2CCC(C(=O)NC(Cc3ccc4ccccc4c3)C(=O)NCCCCC(NC(=O)NC(CCC(=O)O)C(=O)O)C(=O)O)CC2)cn1. The fraction of sp³-hybridized carbons (Fsp3) is 0.458. The molecule has 0 radical (unpaired) electrons. The molecule has 25 heteroatoms. The maximum atomic E-state index is 13.8. The molecule has 3 aromatic rings. The summed E-state index contributed by atoms with van der Waals surface area (Å²) in [6, 6.07) is 9.66. The number of unbranched alkanes of at least 4 members (excludes halogenated alkanes) is 1. The number of nitrogens with two attached hydrogens (primary N) is 1.